The minimum Gasteiger partial charge on any atom is -0.451 e. The smallest absolute Gasteiger partial charge is 0.289 e. The van der Waals surface area contributed by atoms with E-state index in [9.17, 15) is 9.59 Å². The van der Waals surface area contributed by atoms with E-state index >= 15 is 0 Å². The molecule has 0 radical (unpaired) electrons. The van der Waals surface area contributed by atoms with Crippen LogP contribution in [0.25, 0.3) is 22.1 Å². The third-order valence-corrected chi connectivity index (χ3v) is 5.85. The van der Waals surface area contributed by atoms with Crippen molar-refractivity contribution < 1.29 is 13.6 Å². The van der Waals surface area contributed by atoms with Crippen molar-refractivity contribution in [1.82, 2.24) is 9.88 Å². The molecule has 5 rings (SSSR count). The topological polar surface area (TPSA) is 76.6 Å². The molecular weight excluding hydrogens is 380 g/mol. The predicted molar refractivity (Wildman–Crippen MR) is 114 cm³/mol. The maximum absolute atomic E-state index is 13.0. The number of carbonyl (C=O) groups is 1. The summed E-state index contributed by atoms with van der Waals surface area (Å²) in [6.07, 6.45) is 2.36. The molecule has 0 saturated carbocycles. The maximum Gasteiger partial charge on any atom is 0.289 e. The molecule has 0 aliphatic carbocycles. The summed E-state index contributed by atoms with van der Waals surface area (Å²) in [4.78, 5) is 31.8. The number of nitrogens with zero attached hydrogens (tertiary/aromatic N) is 2. The number of piperidine rings is 1. The van der Waals surface area contributed by atoms with Crippen LogP contribution in [-0.2, 0) is 6.42 Å². The van der Waals surface area contributed by atoms with Crippen LogP contribution in [0.15, 0.2) is 62.2 Å². The minimum atomic E-state index is -0.246. The van der Waals surface area contributed by atoms with E-state index in [-0.39, 0.29) is 23.0 Å². The van der Waals surface area contributed by atoms with Crippen LogP contribution >= 0.6 is 0 Å². The van der Waals surface area contributed by atoms with E-state index < -0.39 is 0 Å². The molecule has 4 aromatic rings. The molecular formula is C24H22N2O4. The van der Waals surface area contributed by atoms with Crippen LogP contribution < -0.4 is 5.43 Å². The first kappa shape index (κ1) is 18.6. The minimum absolute atomic E-state index is 0.0945. The average Bonchev–Trinajstić information content (AvgIpc) is 3.23. The van der Waals surface area contributed by atoms with Gasteiger partial charge in [-0.3, -0.25) is 9.59 Å². The number of para-hydroxylation sites is 2. The van der Waals surface area contributed by atoms with Crippen molar-refractivity contribution in [1.29, 1.82) is 0 Å². The van der Waals surface area contributed by atoms with Gasteiger partial charge in [-0.05, 0) is 49.1 Å². The number of carbonyl (C=O) groups excluding carboxylic acids is 1. The van der Waals surface area contributed by atoms with Crippen molar-refractivity contribution in [3.05, 3.63) is 76.0 Å². The number of hydrogen-bond acceptors (Lipinski definition) is 5. The van der Waals surface area contributed by atoms with Crippen molar-refractivity contribution in [2.45, 2.75) is 32.1 Å². The van der Waals surface area contributed by atoms with Gasteiger partial charge in [0.25, 0.3) is 5.91 Å². The fourth-order valence-electron chi connectivity index (χ4n) is 4.08. The van der Waals surface area contributed by atoms with E-state index in [1.807, 2.05) is 43.3 Å². The second-order valence-corrected chi connectivity index (χ2v) is 7.75. The Labute approximate surface area is 173 Å². The van der Waals surface area contributed by atoms with E-state index in [2.05, 4.69) is 4.98 Å². The highest BCUT2D eigenvalue weighted by Gasteiger charge is 2.29. The Kier molecular flexibility index (Phi) is 4.62. The molecule has 2 aromatic heterocycles. The number of aromatic nitrogens is 1. The lowest BCUT2D eigenvalue weighted by Crippen LogP contribution is -2.38. The third kappa shape index (κ3) is 3.28. The zero-order valence-electron chi connectivity index (χ0n) is 16.8. The number of rotatable bonds is 3. The first-order valence-electron chi connectivity index (χ1n) is 10.3. The van der Waals surface area contributed by atoms with Crippen molar-refractivity contribution in [3.63, 3.8) is 0 Å². The third-order valence-electron chi connectivity index (χ3n) is 5.85. The van der Waals surface area contributed by atoms with Crippen LogP contribution in [-0.4, -0.2) is 28.9 Å². The number of benzene rings is 2. The normalized spacial score (nSPS) is 15.2. The zero-order chi connectivity index (χ0) is 20.7. The van der Waals surface area contributed by atoms with Gasteiger partial charge in [0.2, 0.25) is 0 Å². The Bertz CT molecular complexity index is 1260. The molecule has 0 atom stereocenters. The molecule has 0 bridgehead atoms. The van der Waals surface area contributed by atoms with E-state index in [0.29, 0.717) is 24.1 Å². The summed E-state index contributed by atoms with van der Waals surface area (Å²) in [6, 6.07) is 14.6. The predicted octanol–water partition coefficient (Wildman–Crippen LogP) is 4.52. The van der Waals surface area contributed by atoms with Crippen LogP contribution in [0.1, 0.15) is 47.7 Å². The first-order valence-corrected chi connectivity index (χ1v) is 10.3. The highest BCUT2D eigenvalue weighted by molar-refractivity contribution is 5.93. The largest absolute Gasteiger partial charge is 0.451 e. The van der Waals surface area contributed by atoms with Crippen molar-refractivity contribution in [2.24, 2.45) is 0 Å². The lowest BCUT2D eigenvalue weighted by molar-refractivity contribution is 0.0675. The molecule has 6 nitrogen and oxygen atoms in total. The number of likely N-dealkylation sites (tertiary alicyclic amines) is 1. The molecule has 1 aliphatic heterocycles. The maximum atomic E-state index is 13.0. The summed E-state index contributed by atoms with van der Waals surface area (Å²) < 4.78 is 11.7. The number of aryl methyl sites for hydroxylation is 1. The van der Waals surface area contributed by atoms with Gasteiger partial charge in [-0.2, -0.15) is 0 Å². The number of amides is 1. The second-order valence-electron chi connectivity index (χ2n) is 7.75. The van der Waals surface area contributed by atoms with Crippen molar-refractivity contribution in [2.75, 3.05) is 13.1 Å². The Balaban J connectivity index is 1.33. The summed E-state index contributed by atoms with van der Waals surface area (Å²) in [5.41, 5.74) is 2.97. The van der Waals surface area contributed by atoms with Gasteiger partial charge >= 0.3 is 0 Å². The average molecular weight is 402 g/mol. The van der Waals surface area contributed by atoms with Gasteiger partial charge in [0.05, 0.1) is 5.39 Å². The molecule has 1 fully saturated rings. The van der Waals surface area contributed by atoms with Crippen LogP contribution in [0.3, 0.4) is 0 Å². The van der Waals surface area contributed by atoms with Gasteiger partial charge in [0.15, 0.2) is 22.7 Å². The van der Waals surface area contributed by atoms with Crippen LogP contribution in [0.4, 0.5) is 0 Å². The Morgan fingerprint density at radius 1 is 1.07 bits per heavy atom. The number of oxazole rings is 1. The molecule has 0 N–H and O–H groups in total. The molecule has 0 spiro atoms. The Morgan fingerprint density at radius 2 is 1.87 bits per heavy atom. The fourth-order valence-corrected chi connectivity index (χ4v) is 4.08. The molecule has 0 unspecified atom stereocenters. The molecule has 1 amide bonds. The van der Waals surface area contributed by atoms with Gasteiger partial charge in [-0.25, -0.2) is 4.98 Å². The van der Waals surface area contributed by atoms with Gasteiger partial charge in [0, 0.05) is 25.1 Å². The second kappa shape index (κ2) is 7.44. The molecule has 1 saturated heterocycles. The lowest BCUT2D eigenvalue weighted by Gasteiger charge is -2.30. The van der Waals surface area contributed by atoms with E-state index in [4.69, 9.17) is 8.83 Å². The molecule has 152 valence electrons. The van der Waals surface area contributed by atoms with E-state index in [1.54, 1.807) is 11.0 Å². The number of fused-ring (bicyclic) bond motifs is 2. The monoisotopic (exact) mass is 402 g/mol. The van der Waals surface area contributed by atoms with Crippen LogP contribution in [0.5, 0.6) is 0 Å². The molecule has 3 heterocycles. The molecule has 1 aliphatic rings. The van der Waals surface area contributed by atoms with E-state index in [0.717, 1.165) is 41.8 Å². The Morgan fingerprint density at radius 3 is 2.63 bits per heavy atom. The number of hydrogen-bond donors (Lipinski definition) is 0. The van der Waals surface area contributed by atoms with Gasteiger partial charge in [-0.15, -0.1) is 0 Å². The van der Waals surface area contributed by atoms with Gasteiger partial charge < -0.3 is 13.7 Å². The van der Waals surface area contributed by atoms with Crippen molar-refractivity contribution in [3.8, 4) is 0 Å². The van der Waals surface area contributed by atoms with E-state index in [1.165, 1.54) is 6.07 Å². The first-order chi connectivity index (χ1) is 14.6. The Hall–Kier alpha value is -3.41. The van der Waals surface area contributed by atoms with Gasteiger partial charge in [-0.1, -0.05) is 25.1 Å². The summed E-state index contributed by atoms with van der Waals surface area (Å²) in [5.74, 6) is 0.756. The zero-order valence-corrected chi connectivity index (χ0v) is 16.8. The molecule has 30 heavy (non-hydrogen) atoms. The summed E-state index contributed by atoms with van der Waals surface area (Å²) in [5, 5.41) is 0.514. The summed E-state index contributed by atoms with van der Waals surface area (Å²) in [7, 11) is 0. The van der Waals surface area contributed by atoms with Crippen LogP contribution in [0, 0.1) is 0 Å². The van der Waals surface area contributed by atoms with Crippen LogP contribution in [0.2, 0.25) is 0 Å². The summed E-state index contributed by atoms with van der Waals surface area (Å²) in [6.45, 7) is 3.17. The van der Waals surface area contributed by atoms with Gasteiger partial charge in [0.1, 0.15) is 11.1 Å². The highest BCUT2D eigenvalue weighted by atomic mass is 16.4. The highest BCUT2D eigenvalue weighted by Crippen LogP contribution is 2.30. The quantitative estimate of drug-likeness (QED) is 0.504. The molecule has 2 aromatic carbocycles. The SMILES string of the molecule is CCc1ccc2oc(C(=O)N3CCC(c4nc5ccccc5o4)CC3)cc(=O)c2c1. The van der Waals surface area contributed by atoms with Crippen molar-refractivity contribution >= 4 is 28.0 Å². The standard InChI is InChI=1S/C24H22N2O4/c1-2-15-7-8-20-17(13-15)19(27)14-22(29-20)24(28)26-11-9-16(10-12-26)23-25-18-5-3-4-6-21(18)30-23/h3-8,13-14,16H,2,9-12H2,1H3. The summed E-state index contributed by atoms with van der Waals surface area (Å²) >= 11 is 0. The molecule has 6 heteroatoms. The lowest BCUT2D eigenvalue weighted by atomic mass is 9.96. The fraction of sp³-hybridized carbons (Fsp3) is 0.292.